The number of benzene rings is 1. The van der Waals surface area contributed by atoms with Crippen LogP contribution >= 0.6 is 0 Å². The summed E-state index contributed by atoms with van der Waals surface area (Å²) in [5.74, 6) is 0.0757. The number of carboxylic acids is 1. The van der Waals surface area contributed by atoms with Crippen LogP contribution < -0.4 is 14.8 Å². The number of methoxy groups -OCH3 is 2. The van der Waals surface area contributed by atoms with Crippen molar-refractivity contribution in [2.24, 2.45) is 11.3 Å². The maximum atomic E-state index is 12.7. The maximum Gasteiger partial charge on any atom is 0.321 e. The van der Waals surface area contributed by atoms with Gasteiger partial charge in [0.05, 0.1) is 26.5 Å². The molecule has 3 rings (SSSR count). The number of fused-ring (bicyclic) bond motifs is 1. The highest BCUT2D eigenvalue weighted by Gasteiger charge is 2.55. The van der Waals surface area contributed by atoms with Crippen LogP contribution in [0.1, 0.15) is 6.42 Å². The minimum absolute atomic E-state index is 0.100. The summed E-state index contributed by atoms with van der Waals surface area (Å²) in [5, 5.41) is 12.5. The van der Waals surface area contributed by atoms with Crippen molar-refractivity contribution in [1.29, 1.82) is 0 Å². The molecule has 0 radical (unpaired) electrons. The number of carbonyl (C=O) groups is 2. The largest absolute Gasteiger partial charge is 0.497 e. The van der Waals surface area contributed by atoms with E-state index in [1.54, 1.807) is 18.2 Å². The fraction of sp³-hybridized carbons (Fsp3) is 0.529. The number of rotatable bonds is 4. The molecule has 136 valence electrons. The van der Waals surface area contributed by atoms with E-state index in [9.17, 15) is 14.7 Å². The second kappa shape index (κ2) is 6.79. The Hall–Kier alpha value is -2.48. The lowest BCUT2D eigenvalue weighted by atomic mass is 9.76. The van der Waals surface area contributed by atoms with Gasteiger partial charge in [0.1, 0.15) is 16.9 Å². The van der Waals surface area contributed by atoms with Crippen LogP contribution in [0.4, 0.5) is 10.5 Å². The molecule has 2 N–H and O–H groups in total. The fourth-order valence-electron chi connectivity index (χ4n) is 3.55. The first-order chi connectivity index (χ1) is 12.0. The Morgan fingerprint density at radius 2 is 2.16 bits per heavy atom. The Kier molecular flexibility index (Phi) is 4.71. The third-order valence-electron chi connectivity index (χ3n) is 5.03. The second-order valence-electron chi connectivity index (χ2n) is 6.38. The molecule has 2 saturated heterocycles. The number of carboxylic acid groups (broad SMARTS) is 1. The van der Waals surface area contributed by atoms with E-state index in [1.807, 2.05) is 0 Å². The first-order valence-corrected chi connectivity index (χ1v) is 8.09. The van der Waals surface area contributed by atoms with Gasteiger partial charge in [-0.3, -0.25) is 4.79 Å². The quantitative estimate of drug-likeness (QED) is 0.857. The number of urea groups is 1. The van der Waals surface area contributed by atoms with Gasteiger partial charge in [0.2, 0.25) is 0 Å². The zero-order valence-corrected chi connectivity index (χ0v) is 14.3. The number of likely N-dealkylation sites (tertiary alicyclic amines) is 1. The zero-order valence-electron chi connectivity index (χ0n) is 14.3. The van der Waals surface area contributed by atoms with Crippen molar-refractivity contribution in [2.45, 2.75) is 6.42 Å². The number of ether oxygens (including phenoxy) is 3. The lowest BCUT2D eigenvalue weighted by molar-refractivity contribution is -0.159. The van der Waals surface area contributed by atoms with Crippen molar-refractivity contribution >= 4 is 17.7 Å². The normalized spacial score (nSPS) is 25.2. The molecule has 2 aliphatic rings. The first-order valence-electron chi connectivity index (χ1n) is 8.09. The third-order valence-corrected chi connectivity index (χ3v) is 5.03. The molecule has 2 heterocycles. The number of nitrogens with zero attached hydrogens (tertiary/aromatic N) is 1. The van der Waals surface area contributed by atoms with Gasteiger partial charge in [-0.25, -0.2) is 4.79 Å². The van der Waals surface area contributed by atoms with Crippen molar-refractivity contribution < 1.29 is 28.9 Å². The lowest BCUT2D eigenvalue weighted by Gasteiger charge is -2.33. The van der Waals surface area contributed by atoms with Gasteiger partial charge in [-0.2, -0.15) is 0 Å². The first kappa shape index (κ1) is 17.3. The monoisotopic (exact) mass is 350 g/mol. The molecule has 1 aromatic rings. The van der Waals surface area contributed by atoms with Gasteiger partial charge < -0.3 is 29.5 Å². The van der Waals surface area contributed by atoms with Crippen LogP contribution in [-0.2, 0) is 9.53 Å². The second-order valence-corrected chi connectivity index (χ2v) is 6.38. The average Bonchev–Trinajstić information content (AvgIpc) is 3.03. The molecule has 25 heavy (non-hydrogen) atoms. The number of aliphatic carboxylic acids is 1. The highest BCUT2D eigenvalue weighted by Crippen LogP contribution is 2.42. The summed E-state index contributed by atoms with van der Waals surface area (Å²) in [6.45, 7) is 1.19. The molecule has 2 amide bonds. The van der Waals surface area contributed by atoms with Crippen LogP contribution in [0.3, 0.4) is 0 Å². The van der Waals surface area contributed by atoms with Gasteiger partial charge >= 0.3 is 12.0 Å². The van der Waals surface area contributed by atoms with E-state index in [4.69, 9.17) is 14.2 Å². The van der Waals surface area contributed by atoms with Crippen molar-refractivity contribution in [2.75, 3.05) is 45.8 Å². The molecular weight excluding hydrogens is 328 g/mol. The summed E-state index contributed by atoms with van der Waals surface area (Å²) in [6.07, 6.45) is 0.637. The van der Waals surface area contributed by atoms with E-state index < -0.39 is 11.4 Å². The molecule has 8 nitrogen and oxygen atoms in total. The number of hydrogen-bond acceptors (Lipinski definition) is 5. The molecule has 0 bridgehead atoms. The summed E-state index contributed by atoms with van der Waals surface area (Å²) in [7, 11) is 3.05. The van der Waals surface area contributed by atoms with Gasteiger partial charge in [0, 0.05) is 25.8 Å². The zero-order chi connectivity index (χ0) is 18.0. The van der Waals surface area contributed by atoms with Crippen LogP contribution in [-0.4, -0.2) is 62.5 Å². The number of anilines is 1. The topological polar surface area (TPSA) is 97.3 Å². The van der Waals surface area contributed by atoms with Gasteiger partial charge in [-0.1, -0.05) is 0 Å². The molecule has 8 heteroatoms. The van der Waals surface area contributed by atoms with Crippen molar-refractivity contribution in [3.8, 4) is 11.5 Å². The molecule has 0 aromatic heterocycles. The molecule has 0 spiro atoms. The van der Waals surface area contributed by atoms with Crippen LogP contribution in [0.15, 0.2) is 18.2 Å². The molecule has 2 aliphatic heterocycles. The van der Waals surface area contributed by atoms with E-state index in [0.29, 0.717) is 36.8 Å². The van der Waals surface area contributed by atoms with E-state index in [2.05, 4.69) is 5.32 Å². The molecule has 2 atom stereocenters. The van der Waals surface area contributed by atoms with Crippen LogP contribution in [0.2, 0.25) is 0 Å². The van der Waals surface area contributed by atoms with Crippen LogP contribution in [0, 0.1) is 11.3 Å². The highest BCUT2D eigenvalue weighted by atomic mass is 16.5. The van der Waals surface area contributed by atoms with E-state index in [0.717, 1.165) is 0 Å². The molecule has 1 aromatic carbocycles. The lowest BCUT2D eigenvalue weighted by Crippen LogP contribution is -2.46. The van der Waals surface area contributed by atoms with Gasteiger partial charge in [-0.05, 0) is 24.5 Å². The predicted molar refractivity (Wildman–Crippen MR) is 89.1 cm³/mol. The number of hydrogen-bond donors (Lipinski definition) is 2. The highest BCUT2D eigenvalue weighted by molar-refractivity contribution is 5.92. The maximum absolute atomic E-state index is 12.7. The Morgan fingerprint density at radius 1 is 1.36 bits per heavy atom. The predicted octanol–water partition coefficient (Wildman–Crippen LogP) is 1.66. The van der Waals surface area contributed by atoms with Crippen molar-refractivity contribution in [1.82, 2.24) is 4.90 Å². The molecule has 0 saturated carbocycles. The Balaban J connectivity index is 1.77. The Labute approximate surface area is 145 Å². The minimum Gasteiger partial charge on any atom is -0.497 e. The summed E-state index contributed by atoms with van der Waals surface area (Å²) in [6, 6.07) is 4.73. The summed E-state index contributed by atoms with van der Waals surface area (Å²) >= 11 is 0. The van der Waals surface area contributed by atoms with Crippen molar-refractivity contribution in [3.05, 3.63) is 18.2 Å². The van der Waals surface area contributed by atoms with Gasteiger partial charge in [-0.15, -0.1) is 0 Å². The molecular formula is C17H22N2O6. The van der Waals surface area contributed by atoms with Gasteiger partial charge in [0.15, 0.2) is 0 Å². The summed E-state index contributed by atoms with van der Waals surface area (Å²) < 4.78 is 15.8. The van der Waals surface area contributed by atoms with Crippen LogP contribution in [0.25, 0.3) is 0 Å². The van der Waals surface area contributed by atoms with Gasteiger partial charge in [0.25, 0.3) is 0 Å². The average molecular weight is 350 g/mol. The van der Waals surface area contributed by atoms with E-state index >= 15 is 0 Å². The van der Waals surface area contributed by atoms with E-state index in [1.165, 1.54) is 19.1 Å². The molecule has 0 unspecified atom stereocenters. The third kappa shape index (κ3) is 3.09. The Bertz CT molecular complexity index is 679. The standard InChI is InChI=1S/C17H22N2O6/c1-23-12-3-4-14(24-2)13(7-12)18-16(22)19-8-11-5-6-25-10-17(11,9-19)15(20)21/h3-4,7,11H,5-6,8-10H2,1-2H3,(H,18,22)(H,20,21)/t11-,17+/m0/s1. The fourth-order valence-corrected chi connectivity index (χ4v) is 3.55. The summed E-state index contributed by atoms with van der Waals surface area (Å²) in [4.78, 5) is 26.0. The number of amides is 2. The minimum atomic E-state index is -1.02. The Morgan fingerprint density at radius 3 is 2.80 bits per heavy atom. The van der Waals surface area contributed by atoms with Crippen molar-refractivity contribution in [3.63, 3.8) is 0 Å². The van der Waals surface area contributed by atoms with E-state index in [-0.39, 0.29) is 25.1 Å². The number of carbonyl (C=O) groups excluding carboxylic acids is 1. The molecule has 0 aliphatic carbocycles. The summed E-state index contributed by atoms with van der Waals surface area (Å²) in [5.41, 5.74) is -0.545. The SMILES string of the molecule is COc1ccc(OC)c(NC(=O)N2C[C@@H]3CCOC[C@]3(C(=O)O)C2)c1. The van der Waals surface area contributed by atoms with Crippen LogP contribution in [0.5, 0.6) is 11.5 Å². The number of nitrogens with one attached hydrogen (secondary N) is 1. The smallest absolute Gasteiger partial charge is 0.321 e. The molecule has 2 fully saturated rings.